The Kier molecular flexibility index (Phi) is 8.40. The molecule has 0 fully saturated rings. The molecule has 30 heavy (non-hydrogen) atoms. The number of thiol groups is 1. The van der Waals surface area contributed by atoms with E-state index in [-0.39, 0.29) is 24.6 Å². The van der Waals surface area contributed by atoms with Crippen LogP contribution in [-0.2, 0) is 24.3 Å². The lowest BCUT2D eigenvalue weighted by Crippen LogP contribution is -2.32. The molecule has 1 atom stereocenters. The van der Waals surface area contributed by atoms with Gasteiger partial charge >= 0.3 is 5.97 Å². The highest BCUT2D eigenvalue weighted by molar-refractivity contribution is 7.81. The molecule has 2 aromatic rings. The van der Waals surface area contributed by atoms with Gasteiger partial charge in [0, 0.05) is 12.0 Å². The maximum absolute atomic E-state index is 14.5. The van der Waals surface area contributed by atoms with Crippen LogP contribution >= 0.6 is 12.6 Å². The van der Waals surface area contributed by atoms with Gasteiger partial charge < -0.3 is 15.0 Å². The number of hydrogen-bond donors (Lipinski definition) is 3. The van der Waals surface area contributed by atoms with Crippen molar-refractivity contribution in [2.75, 3.05) is 0 Å². The van der Waals surface area contributed by atoms with Gasteiger partial charge in [-0.15, -0.1) is 0 Å². The first-order valence-electron chi connectivity index (χ1n) is 9.84. The van der Waals surface area contributed by atoms with Gasteiger partial charge in [0.05, 0.1) is 35.8 Å². The molecule has 0 aliphatic rings. The number of imidazole rings is 1. The van der Waals surface area contributed by atoms with Crippen molar-refractivity contribution >= 4 is 24.5 Å². The van der Waals surface area contributed by atoms with Crippen molar-refractivity contribution in [1.82, 2.24) is 14.9 Å². The number of carboxylic acid groups (broad SMARTS) is 1. The summed E-state index contributed by atoms with van der Waals surface area (Å²) in [5, 5.41) is 11.3. The first kappa shape index (κ1) is 23.9. The maximum Gasteiger partial charge on any atom is 0.338 e. The number of halogens is 2. The Morgan fingerprint density at radius 3 is 2.57 bits per heavy atom. The van der Waals surface area contributed by atoms with Crippen molar-refractivity contribution in [1.29, 1.82) is 0 Å². The van der Waals surface area contributed by atoms with Crippen LogP contribution < -0.4 is 5.32 Å². The third-order valence-electron chi connectivity index (χ3n) is 4.66. The summed E-state index contributed by atoms with van der Waals surface area (Å²) in [7, 11) is 0. The van der Waals surface area contributed by atoms with Crippen LogP contribution in [0.5, 0.6) is 0 Å². The summed E-state index contributed by atoms with van der Waals surface area (Å²) in [6, 6.07) is 2.30. The number of aromatic nitrogens is 2. The first-order chi connectivity index (χ1) is 14.1. The standard InChI is InChI=1S/C21H27F2N3O3S/c1-4-5-17-24-9-14(10-25-20(27)16(30)8-12(2)3)26(17)11-13-6-7-15(21(28)29)19(23)18(13)22/h6-7,9,12,16,30H,4-5,8,10-11H2,1-3H3,(H,25,27)(H,28,29). The van der Waals surface area contributed by atoms with Gasteiger partial charge in [-0.2, -0.15) is 12.6 Å². The predicted molar refractivity (Wildman–Crippen MR) is 113 cm³/mol. The summed E-state index contributed by atoms with van der Waals surface area (Å²) in [5.41, 5.74) is -0.0700. The first-order valence-corrected chi connectivity index (χ1v) is 10.4. The Labute approximate surface area is 180 Å². The number of carbonyl (C=O) groups is 2. The molecule has 1 aromatic carbocycles. The zero-order chi connectivity index (χ0) is 22.4. The number of nitrogens with one attached hydrogen (secondary N) is 1. The number of carboxylic acids is 1. The van der Waals surface area contributed by atoms with Crippen LogP contribution in [0.25, 0.3) is 0 Å². The zero-order valence-electron chi connectivity index (χ0n) is 17.3. The summed E-state index contributed by atoms with van der Waals surface area (Å²) >= 11 is 4.33. The van der Waals surface area contributed by atoms with Crippen molar-refractivity contribution in [3.63, 3.8) is 0 Å². The zero-order valence-corrected chi connectivity index (χ0v) is 18.2. The van der Waals surface area contributed by atoms with Crippen molar-refractivity contribution < 1.29 is 23.5 Å². The quantitative estimate of drug-likeness (QED) is 0.492. The Morgan fingerprint density at radius 2 is 1.97 bits per heavy atom. The van der Waals surface area contributed by atoms with Gasteiger partial charge in [-0.1, -0.05) is 26.8 Å². The second-order valence-corrected chi connectivity index (χ2v) is 8.19. The van der Waals surface area contributed by atoms with Gasteiger partial charge in [-0.25, -0.2) is 18.6 Å². The molecule has 0 spiro atoms. The highest BCUT2D eigenvalue weighted by Crippen LogP contribution is 2.20. The number of aryl methyl sites for hydroxylation is 1. The smallest absolute Gasteiger partial charge is 0.338 e. The molecule has 0 aliphatic carbocycles. The van der Waals surface area contributed by atoms with E-state index in [2.05, 4.69) is 22.9 Å². The van der Waals surface area contributed by atoms with Gasteiger partial charge in [-0.05, 0) is 24.8 Å². The van der Waals surface area contributed by atoms with E-state index >= 15 is 0 Å². The monoisotopic (exact) mass is 439 g/mol. The molecule has 1 heterocycles. The van der Waals surface area contributed by atoms with Gasteiger partial charge in [-0.3, -0.25) is 4.79 Å². The Morgan fingerprint density at radius 1 is 1.27 bits per heavy atom. The summed E-state index contributed by atoms with van der Waals surface area (Å²) in [6.45, 7) is 6.12. The number of rotatable bonds is 10. The molecule has 0 bridgehead atoms. The van der Waals surface area contributed by atoms with Crippen LogP contribution in [0, 0.1) is 17.6 Å². The lowest BCUT2D eigenvalue weighted by Gasteiger charge is -2.16. The van der Waals surface area contributed by atoms with Crippen molar-refractivity contribution in [3.8, 4) is 0 Å². The molecule has 2 rings (SSSR count). The summed E-state index contributed by atoms with van der Waals surface area (Å²) in [6.07, 6.45) is 3.65. The highest BCUT2D eigenvalue weighted by Gasteiger charge is 2.20. The molecule has 164 valence electrons. The minimum absolute atomic E-state index is 0.00677. The number of hydrogen-bond acceptors (Lipinski definition) is 4. The molecular weight excluding hydrogens is 412 g/mol. The van der Waals surface area contributed by atoms with Crippen LogP contribution in [-0.4, -0.2) is 31.8 Å². The van der Waals surface area contributed by atoms with Gasteiger partial charge in [0.25, 0.3) is 0 Å². The van der Waals surface area contributed by atoms with Gasteiger partial charge in [0.2, 0.25) is 5.91 Å². The Hall–Kier alpha value is -2.42. The van der Waals surface area contributed by atoms with E-state index in [0.717, 1.165) is 12.5 Å². The second kappa shape index (κ2) is 10.6. The average molecular weight is 440 g/mol. The molecule has 2 N–H and O–H groups in total. The number of nitrogens with zero attached hydrogens (tertiary/aromatic N) is 2. The lowest BCUT2D eigenvalue weighted by molar-refractivity contribution is -0.121. The van der Waals surface area contributed by atoms with Crippen LogP contribution in [0.3, 0.4) is 0 Å². The fourth-order valence-electron chi connectivity index (χ4n) is 3.11. The van der Waals surface area contributed by atoms with E-state index in [9.17, 15) is 18.4 Å². The van der Waals surface area contributed by atoms with Gasteiger partial charge in [0.1, 0.15) is 5.82 Å². The molecule has 1 aromatic heterocycles. The van der Waals surface area contributed by atoms with Crippen LogP contribution in [0.1, 0.15) is 61.1 Å². The topological polar surface area (TPSA) is 84.2 Å². The lowest BCUT2D eigenvalue weighted by atomic mass is 10.1. The average Bonchev–Trinajstić information content (AvgIpc) is 3.04. The molecule has 1 unspecified atom stereocenters. The second-order valence-electron chi connectivity index (χ2n) is 7.57. The summed E-state index contributed by atoms with van der Waals surface area (Å²) in [5.74, 6) is -3.33. The molecule has 0 saturated heterocycles. The third kappa shape index (κ3) is 5.81. The fourth-order valence-corrected chi connectivity index (χ4v) is 3.62. The Bertz CT molecular complexity index is 915. The molecule has 0 saturated carbocycles. The minimum Gasteiger partial charge on any atom is -0.478 e. The van der Waals surface area contributed by atoms with Crippen LogP contribution in [0.4, 0.5) is 8.78 Å². The minimum atomic E-state index is -1.53. The molecule has 9 heteroatoms. The number of benzene rings is 1. The largest absolute Gasteiger partial charge is 0.478 e. The van der Waals surface area contributed by atoms with E-state index < -0.39 is 28.4 Å². The molecule has 1 amide bonds. The SMILES string of the molecule is CCCc1ncc(CNC(=O)C(S)CC(C)C)n1Cc1ccc(C(=O)O)c(F)c1F. The van der Waals surface area contributed by atoms with Crippen molar-refractivity contribution in [2.45, 2.75) is 58.4 Å². The molecule has 0 radical (unpaired) electrons. The van der Waals surface area contributed by atoms with E-state index in [0.29, 0.717) is 30.3 Å². The van der Waals surface area contributed by atoms with E-state index in [1.807, 2.05) is 20.8 Å². The summed E-state index contributed by atoms with van der Waals surface area (Å²) in [4.78, 5) is 27.6. The normalized spacial score (nSPS) is 12.2. The van der Waals surface area contributed by atoms with E-state index in [1.54, 1.807) is 10.8 Å². The predicted octanol–water partition coefficient (Wildman–Crippen LogP) is 3.82. The van der Waals surface area contributed by atoms with E-state index in [4.69, 9.17) is 5.11 Å². The summed E-state index contributed by atoms with van der Waals surface area (Å²) < 4.78 is 30.3. The van der Waals surface area contributed by atoms with Crippen LogP contribution in [0.2, 0.25) is 0 Å². The van der Waals surface area contributed by atoms with Gasteiger partial charge in [0.15, 0.2) is 11.6 Å². The molecular formula is C21H27F2N3O3S. The number of carbonyl (C=O) groups excluding carboxylic acids is 1. The third-order valence-corrected chi connectivity index (χ3v) is 5.10. The molecule has 0 aliphatic heterocycles. The van der Waals surface area contributed by atoms with Crippen molar-refractivity contribution in [2.24, 2.45) is 5.92 Å². The fraction of sp³-hybridized carbons (Fsp3) is 0.476. The van der Waals surface area contributed by atoms with Crippen molar-refractivity contribution in [3.05, 3.63) is 52.6 Å². The number of aromatic carboxylic acids is 1. The highest BCUT2D eigenvalue weighted by atomic mass is 32.1. The van der Waals surface area contributed by atoms with E-state index in [1.165, 1.54) is 6.07 Å². The Balaban J connectivity index is 2.25. The molecule has 6 nitrogen and oxygen atoms in total. The maximum atomic E-state index is 14.5. The number of amides is 1. The van der Waals surface area contributed by atoms with Crippen LogP contribution in [0.15, 0.2) is 18.3 Å².